The summed E-state index contributed by atoms with van der Waals surface area (Å²) in [5.74, 6) is 0.552. The van der Waals surface area contributed by atoms with Gasteiger partial charge in [-0.2, -0.15) is 0 Å². The van der Waals surface area contributed by atoms with Gasteiger partial charge in [-0.3, -0.25) is 0 Å². The summed E-state index contributed by atoms with van der Waals surface area (Å²) in [5.41, 5.74) is -1.14. The highest BCUT2D eigenvalue weighted by Crippen LogP contribution is 2.37. The molecule has 0 radical (unpaired) electrons. The zero-order valence-corrected chi connectivity index (χ0v) is 32.0. The van der Waals surface area contributed by atoms with Crippen molar-refractivity contribution >= 4 is 0 Å². The Morgan fingerprint density at radius 3 is 0.814 bits per heavy atom. The number of unbranched alkanes of at least 4 members (excludes halogenated alkanes) is 12. The van der Waals surface area contributed by atoms with Crippen LogP contribution in [-0.2, 0) is 18.9 Å². The highest BCUT2D eigenvalue weighted by atomic mass is 16.7. The fourth-order valence-corrected chi connectivity index (χ4v) is 5.67. The van der Waals surface area contributed by atoms with Crippen LogP contribution in [0.15, 0.2) is 0 Å². The summed E-state index contributed by atoms with van der Waals surface area (Å²) in [7, 11) is 0. The van der Waals surface area contributed by atoms with Gasteiger partial charge in [-0.25, -0.2) is 0 Å². The van der Waals surface area contributed by atoms with Crippen LogP contribution in [0.5, 0.6) is 0 Å². The summed E-state index contributed by atoms with van der Waals surface area (Å²) in [5, 5.41) is 0. The van der Waals surface area contributed by atoms with E-state index in [0.29, 0.717) is 0 Å². The smallest absolute Gasteiger partial charge is 0.161 e. The predicted octanol–water partition coefficient (Wildman–Crippen LogP) is 12.8. The molecule has 0 heterocycles. The van der Waals surface area contributed by atoms with E-state index in [4.69, 9.17) is 18.9 Å². The van der Waals surface area contributed by atoms with Crippen LogP contribution in [0.3, 0.4) is 0 Å². The Hall–Kier alpha value is -0.160. The summed E-state index contributed by atoms with van der Waals surface area (Å²) in [6.45, 7) is 30.4. The van der Waals surface area contributed by atoms with Gasteiger partial charge in [-0.05, 0) is 102 Å². The van der Waals surface area contributed by atoms with Crippen molar-refractivity contribution in [1.29, 1.82) is 0 Å². The van der Waals surface area contributed by atoms with E-state index < -0.39 is 0 Å². The maximum atomic E-state index is 6.75. The van der Waals surface area contributed by atoms with E-state index in [1.54, 1.807) is 0 Å². The van der Waals surface area contributed by atoms with Crippen molar-refractivity contribution in [3.8, 4) is 0 Å². The minimum absolute atomic E-state index is 0.262. The summed E-state index contributed by atoms with van der Waals surface area (Å²) in [4.78, 5) is 0. The van der Waals surface area contributed by atoms with Gasteiger partial charge in [0.1, 0.15) is 0 Å². The van der Waals surface area contributed by atoms with Crippen LogP contribution in [0.4, 0.5) is 0 Å². The molecule has 0 bridgehead atoms. The zero-order valence-electron chi connectivity index (χ0n) is 32.0. The van der Waals surface area contributed by atoms with Crippen LogP contribution < -0.4 is 0 Å². The molecular weight excluding hydrogens is 532 g/mol. The second-order valence-corrected chi connectivity index (χ2v) is 17.2. The van der Waals surface area contributed by atoms with Crippen molar-refractivity contribution in [2.45, 2.75) is 241 Å². The SMILES string of the molecule is CCCCCCCCCC(CC(CCCCCCCCC)C(OC(C)(C)C)OC(C)(C)C)C(OC(C)(C)C)OC(C)(C)C. The van der Waals surface area contributed by atoms with Crippen molar-refractivity contribution in [2.24, 2.45) is 11.8 Å². The summed E-state index contributed by atoms with van der Waals surface area (Å²) in [6.07, 6.45) is 21.0. The van der Waals surface area contributed by atoms with Gasteiger partial charge in [0.25, 0.3) is 0 Å². The zero-order chi connectivity index (χ0) is 33.2. The predicted molar refractivity (Wildman–Crippen MR) is 188 cm³/mol. The molecule has 43 heavy (non-hydrogen) atoms. The third-order valence-electron chi connectivity index (χ3n) is 7.61. The molecule has 0 saturated heterocycles. The van der Waals surface area contributed by atoms with Gasteiger partial charge < -0.3 is 18.9 Å². The van der Waals surface area contributed by atoms with Crippen LogP contribution in [0.2, 0.25) is 0 Å². The maximum absolute atomic E-state index is 6.75. The molecule has 2 unspecified atom stereocenters. The Bertz CT molecular complexity index is 558. The highest BCUT2D eigenvalue weighted by molar-refractivity contribution is 4.79. The molecule has 0 aromatic carbocycles. The summed E-state index contributed by atoms with van der Waals surface area (Å²) in [6, 6.07) is 0. The molecule has 0 N–H and O–H groups in total. The van der Waals surface area contributed by atoms with Crippen molar-refractivity contribution < 1.29 is 18.9 Å². The molecule has 0 aliphatic carbocycles. The van der Waals surface area contributed by atoms with Gasteiger partial charge in [-0.1, -0.05) is 104 Å². The van der Waals surface area contributed by atoms with Crippen LogP contribution in [0.1, 0.15) is 206 Å². The number of rotatable bonds is 24. The van der Waals surface area contributed by atoms with E-state index in [1.807, 2.05) is 0 Å². The van der Waals surface area contributed by atoms with E-state index in [9.17, 15) is 0 Å². The summed E-state index contributed by atoms with van der Waals surface area (Å²) < 4.78 is 27.0. The third kappa shape index (κ3) is 26.7. The lowest BCUT2D eigenvalue weighted by atomic mass is 9.85. The lowest BCUT2D eigenvalue weighted by Crippen LogP contribution is -2.44. The van der Waals surface area contributed by atoms with E-state index >= 15 is 0 Å². The van der Waals surface area contributed by atoms with Crippen LogP contribution >= 0.6 is 0 Å². The standard InChI is InChI=1S/C39H80O4/c1-15-17-19-21-23-25-27-29-32(34(40-36(3,4)5)41-37(6,7)8)31-33(30-28-26-24-22-20-18-16-2)35(42-38(9,10)11)43-39(12,13)14/h32-35H,15-31H2,1-14H3. The minimum Gasteiger partial charge on any atom is -0.347 e. The van der Waals surface area contributed by atoms with E-state index in [2.05, 4.69) is 96.9 Å². The molecule has 2 atom stereocenters. The Labute approximate surface area is 271 Å². The van der Waals surface area contributed by atoms with Gasteiger partial charge in [0.05, 0.1) is 22.4 Å². The minimum atomic E-state index is -0.286. The molecule has 0 aliphatic rings. The molecule has 4 nitrogen and oxygen atoms in total. The molecule has 0 aromatic heterocycles. The average Bonchev–Trinajstić information content (AvgIpc) is 2.81. The van der Waals surface area contributed by atoms with Crippen molar-refractivity contribution in [2.75, 3.05) is 0 Å². The van der Waals surface area contributed by atoms with Gasteiger partial charge >= 0.3 is 0 Å². The molecule has 4 heteroatoms. The topological polar surface area (TPSA) is 36.9 Å². The third-order valence-corrected chi connectivity index (χ3v) is 7.61. The first-order valence-corrected chi connectivity index (χ1v) is 18.5. The molecule has 0 aromatic rings. The van der Waals surface area contributed by atoms with Crippen molar-refractivity contribution in [3.05, 3.63) is 0 Å². The molecule has 0 fully saturated rings. The highest BCUT2D eigenvalue weighted by Gasteiger charge is 2.37. The first kappa shape index (κ1) is 42.8. The molecule has 0 spiro atoms. The van der Waals surface area contributed by atoms with E-state index in [0.717, 1.165) is 19.3 Å². The fourth-order valence-electron chi connectivity index (χ4n) is 5.67. The molecule has 260 valence electrons. The van der Waals surface area contributed by atoms with E-state index in [1.165, 1.54) is 89.9 Å². The number of hydrogen-bond donors (Lipinski definition) is 0. The molecular formula is C39H80O4. The summed E-state index contributed by atoms with van der Waals surface area (Å²) >= 11 is 0. The molecule has 0 amide bonds. The monoisotopic (exact) mass is 613 g/mol. The van der Waals surface area contributed by atoms with Gasteiger partial charge in [0.15, 0.2) is 12.6 Å². The van der Waals surface area contributed by atoms with Crippen molar-refractivity contribution in [1.82, 2.24) is 0 Å². The number of hydrogen-bond acceptors (Lipinski definition) is 4. The largest absolute Gasteiger partial charge is 0.347 e. The lowest BCUT2D eigenvalue weighted by Gasteiger charge is -2.41. The second kappa shape index (κ2) is 21.6. The normalized spacial score (nSPS) is 15.1. The Morgan fingerprint density at radius 2 is 0.581 bits per heavy atom. The maximum Gasteiger partial charge on any atom is 0.161 e. The molecule has 0 rings (SSSR count). The average molecular weight is 613 g/mol. The Morgan fingerprint density at radius 1 is 0.349 bits per heavy atom. The number of ether oxygens (including phenoxy) is 4. The van der Waals surface area contributed by atoms with Gasteiger partial charge in [0, 0.05) is 11.8 Å². The Kier molecular flexibility index (Phi) is 21.5. The first-order chi connectivity index (χ1) is 19.8. The van der Waals surface area contributed by atoms with Crippen molar-refractivity contribution in [3.63, 3.8) is 0 Å². The second-order valence-electron chi connectivity index (χ2n) is 17.2. The van der Waals surface area contributed by atoms with Crippen LogP contribution in [-0.4, -0.2) is 35.0 Å². The molecule has 0 saturated carbocycles. The quantitative estimate of drug-likeness (QED) is 0.0802. The van der Waals surface area contributed by atoms with Crippen LogP contribution in [0.25, 0.3) is 0 Å². The van der Waals surface area contributed by atoms with Gasteiger partial charge in [-0.15, -0.1) is 0 Å². The van der Waals surface area contributed by atoms with E-state index in [-0.39, 0.29) is 46.8 Å². The van der Waals surface area contributed by atoms with Gasteiger partial charge in [0.2, 0.25) is 0 Å². The van der Waals surface area contributed by atoms with Crippen LogP contribution in [0, 0.1) is 11.8 Å². The Balaban J connectivity index is 6.13. The lowest BCUT2D eigenvalue weighted by molar-refractivity contribution is -0.275. The first-order valence-electron chi connectivity index (χ1n) is 18.5. The fraction of sp³-hybridized carbons (Fsp3) is 1.00. The molecule has 0 aliphatic heterocycles.